The quantitative estimate of drug-likeness (QED) is 0.749. The van der Waals surface area contributed by atoms with Crippen LogP contribution in [0.25, 0.3) is 0 Å². The summed E-state index contributed by atoms with van der Waals surface area (Å²) in [5.74, 6) is 1.57. The van der Waals surface area contributed by atoms with E-state index in [0.717, 1.165) is 30.3 Å². The molecule has 1 saturated heterocycles. The van der Waals surface area contributed by atoms with Crippen molar-refractivity contribution in [1.29, 1.82) is 0 Å². The van der Waals surface area contributed by atoms with Crippen molar-refractivity contribution in [2.75, 3.05) is 31.2 Å². The first-order valence-corrected chi connectivity index (χ1v) is 5.07. The molecule has 0 radical (unpaired) electrons. The minimum Gasteiger partial charge on any atom is -0.391 e. The predicted molar refractivity (Wildman–Crippen MR) is 55.7 cm³/mol. The number of ether oxygens (including phenoxy) is 1. The number of aliphatic hydroxyl groups is 1. The van der Waals surface area contributed by atoms with Crippen molar-refractivity contribution >= 4 is 5.82 Å². The summed E-state index contributed by atoms with van der Waals surface area (Å²) in [7, 11) is 0. The monoisotopic (exact) mass is 209 g/mol. The van der Waals surface area contributed by atoms with Gasteiger partial charge in [-0.15, -0.1) is 0 Å². The highest BCUT2D eigenvalue weighted by molar-refractivity contribution is 5.46. The van der Waals surface area contributed by atoms with Crippen LogP contribution in [0.4, 0.5) is 5.82 Å². The Labute approximate surface area is 88.7 Å². The van der Waals surface area contributed by atoms with E-state index in [1.165, 1.54) is 0 Å². The molecule has 0 aliphatic carbocycles. The maximum atomic E-state index is 9.20. The van der Waals surface area contributed by atoms with Gasteiger partial charge in [-0.25, -0.2) is 9.97 Å². The summed E-state index contributed by atoms with van der Waals surface area (Å²) in [4.78, 5) is 10.6. The Bertz CT molecular complexity index is 337. The van der Waals surface area contributed by atoms with E-state index in [-0.39, 0.29) is 6.61 Å². The van der Waals surface area contributed by atoms with Gasteiger partial charge in [-0.05, 0) is 6.92 Å². The molecule has 1 N–H and O–H groups in total. The van der Waals surface area contributed by atoms with Crippen LogP contribution in [0.15, 0.2) is 6.20 Å². The molecule has 1 aliphatic heterocycles. The Balaban J connectivity index is 2.27. The summed E-state index contributed by atoms with van der Waals surface area (Å²) in [5.41, 5.74) is 0.780. The van der Waals surface area contributed by atoms with Crippen molar-refractivity contribution in [2.24, 2.45) is 0 Å². The van der Waals surface area contributed by atoms with Crippen molar-refractivity contribution in [1.82, 2.24) is 9.97 Å². The first kappa shape index (κ1) is 10.3. The number of morpholine rings is 1. The average molecular weight is 209 g/mol. The van der Waals surface area contributed by atoms with Crippen LogP contribution in [-0.2, 0) is 11.3 Å². The molecule has 2 heterocycles. The fourth-order valence-corrected chi connectivity index (χ4v) is 1.64. The SMILES string of the molecule is Cc1ncc(CO)c(N2CCOCC2)n1. The van der Waals surface area contributed by atoms with Gasteiger partial charge in [0.05, 0.1) is 19.8 Å². The van der Waals surface area contributed by atoms with E-state index >= 15 is 0 Å². The second-order valence-corrected chi connectivity index (χ2v) is 3.52. The molecule has 1 fully saturated rings. The molecule has 0 saturated carbocycles. The zero-order chi connectivity index (χ0) is 10.7. The van der Waals surface area contributed by atoms with Gasteiger partial charge >= 0.3 is 0 Å². The highest BCUT2D eigenvalue weighted by atomic mass is 16.5. The number of aryl methyl sites for hydroxylation is 1. The minimum absolute atomic E-state index is 0.0209. The number of nitrogens with zero attached hydrogens (tertiary/aromatic N) is 3. The molecular formula is C10H15N3O2. The van der Waals surface area contributed by atoms with Gasteiger partial charge in [-0.3, -0.25) is 0 Å². The number of hydrogen-bond acceptors (Lipinski definition) is 5. The minimum atomic E-state index is -0.0209. The lowest BCUT2D eigenvalue weighted by Crippen LogP contribution is -2.37. The topological polar surface area (TPSA) is 58.5 Å². The molecule has 1 aliphatic rings. The molecule has 0 unspecified atom stereocenters. The van der Waals surface area contributed by atoms with Crippen molar-refractivity contribution in [3.05, 3.63) is 17.6 Å². The third kappa shape index (κ3) is 2.24. The summed E-state index contributed by atoms with van der Waals surface area (Å²) in [5, 5.41) is 9.20. The molecule has 0 aromatic carbocycles. The number of aromatic nitrogens is 2. The summed E-state index contributed by atoms with van der Waals surface area (Å²) >= 11 is 0. The molecule has 5 heteroatoms. The van der Waals surface area contributed by atoms with Crippen LogP contribution in [0.3, 0.4) is 0 Å². The van der Waals surface area contributed by atoms with E-state index in [1.807, 2.05) is 6.92 Å². The zero-order valence-corrected chi connectivity index (χ0v) is 8.81. The normalized spacial score (nSPS) is 16.8. The highest BCUT2D eigenvalue weighted by Gasteiger charge is 2.16. The first-order valence-electron chi connectivity index (χ1n) is 5.07. The Kier molecular flexibility index (Phi) is 3.13. The molecule has 0 spiro atoms. The molecule has 0 amide bonds. The Hall–Kier alpha value is -1.20. The third-order valence-corrected chi connectivity index (χ3v) is 2.44. The van der Waals surface area contributed by atoms with Crippen molar-refractivity contribution < 1.29 is 9.84 Å². The largest absolute Gasteiger partial charge is 0.391 e. The fourth-order valence-electron chi connectivity index (χ4n) is 1.64. The van der Waals surface area contributed by atoms with Gasteiger partial charge in [-0.2, -0.15) is 0 Å². The highest BCUT2D eigenvalue weighted by Crippen LogP contribution is 2.18. The average Bonchev–Trinajstić information content (AvgIpc) is 2.30. The van der Waals surface area contributed by atoms with Gasteiger partial charge in [0.2, 0.25) is 0 Å². The van der Waals surface area contributed by atoms with E-state index in [0.29, 0.717) is 13.2 Å². The molecule has 1 aromatic heterocycles. The Morgan fingerprint density at radius 2 is 2.20 bits per heavy atom. The van der Waals surface area contributed by atoms with E-state index in [2.05, 4.69) is 14.9 Å². The van der Waals surface area contributed by atoms with Crippen LogP contribution in [0, 0.1) is 6.92 Å². The second-order valence-electron chi connectivity index (χ2n) is 3.52. The molecule has 15 heavy (non-hydrogen) atoms. The summed E-state index contributed by atoms with van der Waals surface area (Å²) in [6, 6.07) is 0. The number of anilines is 1. The van der Waals surface area contributed by atoms with Crippen LogP contribution in [0.2, 0.25) is 0 Å². The standard InChI is InChI=1S/C10H15N3O2/c1-8-11-6-9(7-14)10(12-8)13-2-4-15-5-3-13/h6,14H,2-5,7H2,1H3. The summed E-state index contributed by atoms with van der Waals surface area (Å²) < 4.78 is 5.28. The fraction of sp³-hybridized carbons (Fsp3) is 0.600. The van der Waals surface area contributed by atoms with Crippen molar-refractivity contribution in [2.45, 2.75) is 13.5 Å². The summed E-state index contributed by atoms with van der Waals surface area (Å²) in [6.45, 7) is 4.91. The summed E-state index contributed by atoms with van der Waals surface area (Å²) in [6.07, 6.45) is 1.69. The smallest absolute Gasteiger partial charge is 0.137 e. The molecule has 0 atom stereocenters. The molecule has 2 rings (SSSR count). The Morgan fingerprint density at radius 1 is 1.47 bits per heavy atom. The van der Waals surface area contributed by atoms with Gasteiger partial charge in [0.15, 0.2) is 0 Å². The second kappa shape index (κ2) is 4.55. The van der Waals surface area contributed by atoms with Crippen LogP contribution >= 0.6 is 0 Å². The maximum Gasteiger partial charge on any atom is 0.137 e. The molecule has 82 valence electrons. The van der Waals surface area contributed by atoms with Gasteiger partial charge in [0.1, 0.15) is 11.6 Å². The Morgan fingerprint density at radius 3 is 2.87 bits per heavy atom. The van der Waals surface area contributed by atoms with Crippen LogP contribution in [0.1, 0.15) is 11.4 Å². The number of hydrogen-bond donors (Lipinski definition) is 1. The van der Waals surface area contributed by atoms with Crippen LogP contribution in [0.5, 0.6) is 0 Å². The van der Waals surface area contributed by atoms with E-state index in [9.17, 15) is 5.11 Å². The maximum absolute atomic E-state index is 9.20. The van der Waals surface area contributed by atoms with Gasteiger partial charge in [0, 0.05) is 24.8 Å². The predicted octanol–water partition coefficient (Wildman–Crippen LogP) is 0.114. The van der Waals surface area contributed by atoms with Crippen molar-refractivity contribution in [3.63, 3.8) is 0 Å². The lowest BCUT2D eigenvalue weighted by molar-refractivity contribution is 0.122. The van der Waals surface area contributed by atoms with E-state index < -0.39 is 0 Å². The molecular weight excluding hydrogens is 194 g/mol. The van der Waals surface area contributed by atoms with Crippen molar-refractivity contribution in [3.8, 4) is 0 Å². The zero-order valence-electron chi connectivity index (χ0n) is 8.81. The van der Waals surface area contributed by atoms with E-state index in [1.54, 1.807) is 6.20 Å². The molecule has 0 bridgehead atoms. The van der Waals surface area contributed by atoms with Crippen LogP contribution < -0.4 is 4.90 Å². The van der Waals surface area contributed by atoms with Gasteiger partial charge in [0.25, 0.3) is 0 Å². The lowest BCUT2D eigenvalue weighted by Gasteiger charge is -2.29. The van der Waals surface area contributed by atoms with Gasteiger partial charge < -0.3 is 14.7 Å². The third-order valence-electron chi connectivity index (χ3n) is 2.44. The number of rotatable bonds is 2. The number of aliphatic hydroxyl groups excluding tert-OH is 1. The molecule has 5 nitrogen and oxygen atoms in total. The van der Waals surface area contributed by atoms with E-state index in [4.69, 9.17) is 4.74 Å². The molecule has 1 aromatic rings. The first-order chi connectivity index (χ1) is 7.31. The lowest BCUT2D eigenvalue weighted by atomic mass is 10.3. The van der Waals surface area contributed by atoms with Gasteiger partial charge in [-0.1, -0.05) is 0 Å². The van der Waals surface area contributed by atoms with Crippen LogP contribution in [-0.4, -0.2) is 41.4 Å².